The van der Waals surface area contributed by atoms with E-state index in [1.807, 2.05) is 7.11 Å². The molecule has 2 rings (SSSR count). The Hall–Kier alpha value is -1.10. The van der Waals surface area contributed by atoms with E-state index in [1.54, 1.807) is 6.92 Å². The van der Waals surface area contributed by atoms with Gasteiger partial charge in [-0.15, -0.1) is 0 Å². The van der Waals surface area contributed by atoms with Crippen LogP contribution in [0.2, 0.25) is 0 Å². The largest absolute Gasteiger partial charge is 0.455 e. The minimum Gasteiger partial charge on any atom is -0.455 e. The molecule has 1 amide bonds. The molecule has 0 spiro atoms. The number of methoxy groups -OCH3 is 1. The molecular weight excluding hydrogens is 378 g/mol. The first-order valence-corrected chi connectivity index (χ1v) is 12.1. The Bertz CT molecular complexity index is 519. The maximum absolute atomic E-state index is 11.6. The van der Waals surface area contributed by atoms with Crippen LogP contribution in [-0.4, -0.2) is 37.7 Å². The van der Waals surface area contributed by atoms with Gasteiger partial charge in [0.2, 0.25) is 0 Å². The Morgan fingerprint density at radius 1 is 0.867 bits per heavy atom. The van der Waals surface area contributed by atoms with Gasteiger partial charge in [0, 0.05) is 13.7 Å². The molecule has 6 atom stereocenters. The van der Waals surface area contributed by atoms with Crippen molar-refractivity contribution in [2.45, 2.75) is 99.2 Å². The first-order valence-electron chi connectivity index (χ1n) is 12.1. The minimum absolute atomic E-state index is 0.108. The molecule has 0 saturated heterocycles. The van der Waals surface area contributed by atoms with Crippen molar-refractivity contribution < 1.29 is 19.1 Å². The molecule has 0 aromatic rings. The first-order chi connectivity index (χ1) is 14.1. The quantitative estimate of drug-likeness (QED) is 0.484. The van der Waals surface area contributed by atoms with E-state index in [-0.39, 0.29) is 6.10 Å². The summed E-state index contributed by atoms with van der Waals surface area (Å²) in [4.78, 5) is 23.0. The van der Waals surface area contributed by atoms with Gasteiger partial charge < -0.3 is 14.8 Å². The zero-order valence-electron chi connectivity index (χ0n) is 20.7. The van der Waals surface area contributed by atoms with Crippen molar-refractivity contribution in [2.24, 2.45) is 35.5 Å². The summed E-state index contributed by atoms with van der Waals surface area (Å²) in [5.74, 6) is 2.49. The smallest absolute Gasteiger partial charge is 0.397 e. The number of carbonyl (C=O) groups is 2. The summed E-state index contributed by atoms with van der Waals surface area (Å²) in [7, 11) is 1.86. The maximum atomic E-state index is 11.6. The number of ether oxygens (including phenoxy) is 2. The van der Waals surface area contributed by atoms with Crippen molar-refractivity contribution in [3.05, 3.63) is 0 Å². The predicted molar refractivity (Wildman–Crippen MR) is 122 cm³/mol. The van der Waals surface area contributed by atoms with Crippen LogP contribution in [0.15, 0.2) is 0 Å². The lowest BCUT2D eigenvalue weighted by Crippen LogP contribution is -2.40. The summed E-state index contributed by atoms with van der Waals surface area (Å²) in [5.41, 5.74) is 0. The number of likely N-dealkylation sites (N-methyl/N-ethyl adjacent to an activating group) is 1. The average molecular weight is 426 g/mol. The Morgan fingerprint density at radius 2 is 1.33 bits per heavy atom. The van der Waals surface area contributed by atoms with Gasteiger partial charge in [0.1, 0.15) is 6.10 Å². The van der Waals surface area contributed by atoms with E-state index in [0.29, 0.717) is 30.4 Å². The number of carbonyl (C=O) groups excluding carboxylic acids is 2. The fraction of sp³-hybridized carbons (Fsp3) is 0.920. The van der Waals surface area contributed by atoms with Crippen molar-refractivity contribution in [3.8, 4) is 0 Å². The van der Waals surface area contributed by atoms with Gasteiger partial charge in [-0.3, -0.25) is 4.79 Å². The van der Waals surface area contributed by atoms with Crippen LogP contribution in [0.3, 0.4) is 0 Å². The molecule has 0 radical (unpaired) electrons. The second kappa shape index (κ2) is 13.3. The summed E-state index contributed by atoms with van der Waals surface area (Å²) >= 11 is 0. The first kappa shape index (κ1) is 26.9. The lowest BCUT2D eigenvalue weighted by atomic mass is 9.75. The van der Waals surface area contributed by atoms with Crippen LogP contribution in [-0.2, 0) is 19.1 Å². The molecule has 0 aromatic heterocycles. The Morgan fingerprint density at radius 3 is 1.77 bits per heavy atom. The van der Waals surface area contributed by atoms with Crippen molar-refractivity contribution in [2.75, 3.05) is 13.7 Å². The Kier molecular flexibility index (Phi) is 12.0. The lowest BCUT2D eigenvalue weighted by Gasteiger charge is -2.36. The van der Waals surface area contributed by atoms with Gasteiger partial charge in [0.25, 0.3) is 0 Å². The number of rotatable bonds is 5. The van der Waals surface area contributed by atoms with Gasteiger partial charge in [0.05, 0.1) is 6.10 Å². The van der Waals surface area contributed by atoms with Gasteiger partial charge in [-0.05, 0) is 68.1 Å². The summed E-state index contributed by atoms with van der Waals surface area (Å²) in [6.45, 7) is 15.7. The third-order valence-corrected chi connectivity index (χ3v) is 7.01. The molecular formula is C25H47NO4. The van der Waals surface area contributed by atoms with Crippen molar-refractivity contribution in [1.29, 1.82) is 0 Å². The predicted octanol–water partition coefficient (Wildman–Crippen LogP) is 5.22. The highest BCUT2D eigenvalue weighted by Crippen LogP contribution is 2.36. The molecule has 5 nitrogen and oxygen atoms in total. The van der Waals surface area contributed by atoms with Crippen LogP contribution >= 0.6 is 0 Å². The summed E-state index contributed by atoms with van der Waals surface area (Å²) in [6, 6.07) is 0. The standard InChI is InChI=1S/C14H25NO3.C11H22O/c1-5-15-13(16)14(17)18-12-8-10(4)6-7-11(12)9(2)3;1-8(2)10-6-5-9(3)7-11(10)12-4/h9-12H,5-8H2,1-4H3,(H,15,16);8-11H,5-7H2,1-4H3. The molecule has 0 bridgehead atoms. The summed E-state index contributed by atoms with van der Waals surface area (Å²) in [6.07, 6.45) is 7.55. The van der Waals surface area contributed by atoms with Gasteiger partial charge in [0.15, 0.2) is 0 Å². The van der Waals surface area contributed by atoms with Crippen LogP contribution in [0.5, 0.6) is 0 Å². The fourth-order valence-corrected chi connectivity index (χ4v) is 5.06. The normalized spacial score (nSPS) is 31.7. The number of amides is 1. The molecule has 5 heteroatoms. The summed E-state index contributed by atoms with van der Waals surface area (Å²) < 4.78 is 10.9. The van der Waals surface area contributed by atoms with Gasteiger partial charge >= 0.3 is 11.9 Å². The molecule has 2 saturated carbocycles. The molecule has 2 aliphatic carbocycles. The highest BCUT2D eigenvalue weighted by Gasteiger charge is 2.34. The molecule has 0 aromatic carbocycles. The molecule has 2 fully saturated rings. The lowest BCUT2D eigenvalue weighted by molar-refractivity contribution is -0.164. The molecule has 30 heavy (non-hydrogen) atoms. The van der Waals surface area contributed by atoms with Crippen molar-refractivity contribution in [3.63, 3.8) is 0 Å². The van der Waals surface area contributed by atoms with E-state index >= 15 is 0 Å². The van der Waals surface area contributed by atoms with Crippen molar-refractivity contribution in [1.82, 2.24) is 5.32 Å². The van der Waals surface area contributed by atoms with Gasteiger partial charge in [-0.1, -0.05) is 54.4 Å². The van der Waals surface area contributed by atoms with Gasteiger partial charge in [-0.2, -0.15) is 0 Å². The average Bonchev–Trinajstić information content (AvgIpc) is 2.68. The van der Waals surface area contributed by atoms with E-state index in [1.165, 1.54) is 25.7 Å². The van der Waals surface area contributed by atoms with Crippen molar-refractivity contribution >= 4 is 11.9 Å². The zero-order valence-corrected chi connectivity index (χ0v) is 20.7. The monoisotopic (exact) mass is 425 g/mol. The van der Waals surface area contributed by atoms with Gasteiger partial charge in [-0.25, -0.2) is 4.79 Å². The number of esters is 1. The second-order valence-electron chi connectivity index (χ2n) is 10.2. The van der Waals surface area contributed by atoms with Crippen LogP contribution in [0, 0.1) is 35.5 Å². The fourth-order valence-electron chi connectivity index (χ4n) is 5.06. The molecule has 2 aliphatic rings. The third-order valence-electron chi connectivity index (χ3n) is 7.01. The van der Waals surface area contributed by atoms with Crippen LogP contribution in [0.4, 0.5) is 0 Å². The van der Waals surface area contributed by atoms with E-state index in [0.717, 1.165) is 30.6 Å². The van der Waals surface area contributed by atoms with Crippen LogP contribution < -0.4 is 5.32 Å². The maximum Gasteiger partial charge on any atom is 0.397 e. The Balaban J connectivity index is 0.000000325. The topological polar surface area (TPSA) is 64.6 Å². The third kappa shape index (κ3) is 8.56. The molecule has 1 N–H and O–H groups in total. The second-order valence-corrected chi connectivity index (χ2v) is 10.2. The molecule has 0 heterocycles. The number of nitrogens with one attached hydrogen (secondary N) is 1. The van der Waals surface area contributed by atoms with E-state index in [2.05, 4.69) is 46.9 Å². The van der Waals surface area contributed by atoms with E-state index in [9.17, 15) is 9.59 Å². The molecule has 0 aliphatic heterocycles. The highest BCUT2D eigenvalue weighted by molar-refractivity contribution is 6.32. The summed E-state index contributed by atoms with van der Waals surface area (Å²) in [5, 5.41) is 2.48. The Labute approximate surface area is 185 Å². The molecule has 6 unspecified atom stereocenters. The SMILES string of the molecule is CCNC(=O)C(=O)OC1CC(C)CCC1C(C)C.COC1CC(C)CCC1C(C)C. The zero-order chi connectivity index (χ0) is 22.8. The van der Waals surface area contributed by atoms with Crippen LogP contribution in [0.25, 0.3) is 0 Å². The minimum atomic E-state index is -0.735. The highest BCUT2D eigenvalue weighted by atomic mass is 16.5. The van der Waals surface area contributed by atoms with Crippen LogP contribution in [0.1, 0.15) is 87.0 Å². The van der Waals surface area contributed by atoms with E-state index < -0.39 is 11.9 Å². The number of hydrogen-bond donors (Lipinski definition) is 1. The van der Waals surface area contributed by atoms with E-state index in [4.69, 9.17) is 9.47 Å². The number of hydrogen-bond acceptors (Lipinski definition) is 4. The molecule has 176 valence electrons.